The highest BCUT2D eigenvalue weighted by Crippen LogP contribution is 2.45. The van der Waals surface area contributed by atoms with Crippen LogP contribution in [0.25, 0.3) is 0 Å². The van der Waals surface area contributed by atoms with Crippen molar-refractivity contribution in [3.05, 3.63) is 0 Å². The molecule has 0 N–H and O–H groups in total. The Labute approximate surface area is 77.4 Å². The lowest BCUT2D eigenvalue weighted by Gasteiger charge is -2.06. The molecule has 0 aromatic rings. The minimum absolute atomic E-state index is 0.0631. The topological polar surface area (TPSA) is 43.4 Å². The number of carbonyl (C=O) groups is 2. The Bertz CT molecular complexity index is 231. The number of esters is 1. The van der Waals surface area contributed by atoms with E-state index in [-0.39, 0.29) is 11.9 Å². The molecule has 3 heteroatoms. The van der Waals surface area contributed by atoms with Gasteiger partial charge in [-0.3, -0.25) is 9.59 Å². The fraction of sp³-hybridized carbons (Fsp3) is 0.800. The molecule has 2 atom stereocenters. The van der Waals surface area contributed by atoms with Gasteiger partial charge in [-0.2, -0.15) is 0 Å². The van der Waals surface area contributed by atoms with E-state index in [0.717, 1.165) is 12.8 Å². The highest BCUT2D eigenvalue weighted by molar-refractivity contribution is 5.82. The molecule has 0 radical (unpaired) electrons. The van der Waals surface area contributed by atoms with Crippen molar-refractivity contribution in [1.82, 2.24) is 0 Å². The number of Topliss-reactive ketones (excluding diaryl/α,β-unsaturated/α-hetero) is 1. The second kappa shape index (κ2) is 3.13. The van der Waals surface area contributed by atoms with E-state index < -0.39 is 0 Å². The number of ketones is 1. The van der Waals surface area contributed by atoms with Crippen LogP contribution in [0.15, 0.2) is 0 Å². The van der Waals surface area contributed by atoms with Crippen molar-refractivity contribution in [2.75, 3.05) is 7.11 Å². The molecule has 0 aromatic carbocycles. The van der Waals surface area contributed by atoms with Crippen LogP contribution in [0.2, 0.25) is 0 Å². The van der Waals surface area contributed by atoms with Crippen molar-refractivity contribution in [2.24, 2.45) is 17.8 Å². The van der Waals surface area contributed by atoms with Crippen LogP contribution in [0.5, 0.6) is 0 Å². The Hall–Kier alpha value is -0.860. The third-order valence-corrected chi connectivity index (χ3v) is 3.36. The van der Waals surface area contributed by atoms with Crippen LogP contribution < -0.4 is 0 Å². The van der Waals surface area contributed by atoms with Crippen LogP contribution in [-0.4, -0.2) is 18.9 Å². The third-order valence-electron chi connectivity index (χ3n) is 3.36. The van der Waals surface area contributed by atoms with Crippen LogP contribution in [0.4, 0.5) is 0 Å². The molecule has 0 amide bonds. The molecule has 0 heterocycles. The summed E-state index contributed by atoms with van der Waals surface area (Å²) in [5, 5.41) is 0. The Morgan fingerprint density at radius 3 is 2.31 bits per heavy atom. The van der Waals surface area contributed by atoms with E-state index in [1.54, 1.807) is 0 Å². The SMILES string of the molecule is COC(=O)C1CC2CC(=O)CC2C1. The summed E-state index contributed by atoms with van der Waals surface area (Å²) in [5.41, 5.74) is 0. The molecule has 2 rings (SSSR count). The summed E-state index contributed by atoms with van der Waals surface area (Å²) in [4.78, 5) is 22.3. The average Bonchev–Trinajstić information content (AvgIpc) is 2.59. The minimum Gasteiger partial charge on any atom is -0.469 e. The molecule has 2 fully saturated rings. The summed E-state index contributed by atoms with van der Waals surface area (Å²) in [7, 11) is 1.43. The average molecular weight is 182 g/mol. The van der Waals surface area contributed by atoms with Gasteiger partial charge in [-0.05, 0) is 24.7 Å². The molecule has 3 nitrogen and oxygen atoms in total. The Balaban J connectivity index is 1.97. The van der Waals surface area contributed by atoms with Crippen LogP contribution in [0.3, 0.4) is 0 Å². The maximum Gasteiger partial charge on any atom is 0.308 e. The first-order valence-corrected chi connectivity index (χ1v) is 4.80. The highest BCUT2D eigenvalue weighted by atomic mass is 16.5. The van der Waals surface area contributed by atoms with Gasteiger partial charge in [0.25, 0.3) is 0 Å². The first kappa shape index (κ1) is 8.73. The third kappa shape index (κ3) is 1.47. The second-order valence-electron chi connectivity index (χ2n) is 4.16. The van der Waals surface area contributed by atoms with Gasteiger partial charge >= 0.3 is 5.97 Å². The summed E-state index contributed by atoms with van der Waals surface area (Å²) in [5.74, 6) is 1.28. The van der Waals surface area contributed by atoms with Crippen molar-refractivity contribution in [3.63, 3.8) is 0 Å². The van der Waals surface area contributed by atoms with Gasteiger partial charge in [0.05, 0.1) is 13.0 Å². The van der Waals surface area contributed by atoms with Gasteiger partial charge in [0.15, 0.2) is 0 Å². The van der Waals surface area contributed by atoms with Crippen molar-refractivity contribution < 1.29 is 14.3 Å². The summed E-state index contributed by atoms with van der Waals surface area (Å²) in [6, 6.07) is 0. The van der Waals surface area contributed by atoms with Gasteiger partial charge in [0, 0.05) is 12.8 Å². The zero-order chi connectivity index (χ0) is 9.42. The van der Waals surface area contributed by atoms with E-state index in [1.165, 1.54) is 7.11 Å². The molecule has 0 saturated heterocycles. The molecule has 0 aliphatic heterocycles. The smallest absolute Gasteiger partial charge is 0.308 e. The van der Waals surface area contributed by atoms with E-state index >= 15 is 0 Å². The number of fused-ring (bicyclic) bond motifs is 1. The molecule has 13 heavy (non-hydrogen) atoms. The molecular formula is C10H14O3. The van der Waals surface area contributed by atoms with E-state index in [9.17, 15) is 9.59 Å². The van der Waals surface area contributed by atoms with E-state index in [2.05, 4.69) is 0 Å². The van der Waals surface area contributed by atoms with Crippen molar-refractivity contribution in [3.8, 4) is 0 Å². The molecule has 0 spiro atoms. The first-order chi connectivity index (χ1) is 6.20. The fourth-order valence-electron chi connectivity index (χ4n) is 2.74. The minimum atomic E-state index is -0.0955. The summed E-state index contributed by atoms with van der Waals surface area (Å²) in [6.45, 7) is 0. The quantitative estimate of drug-likeness (QED) is 0.571. The van der Waals surface area contributed by atoms with Crippen LogP contribution >= 0.6 is 0 Å². The van der Waals surface area contributed by atoms with Crippen molar-refractivity contribution in [1.29, 1.82) is 0 Å². The Morgan fingerprint density at radius 1 is 1.31 bits per heavy atom. The predicted octanol–water partition coefficient (Wildman–Crippen LogP) is 1.16. The van der Waals surface area contributed by atoms with Gasteiger partial charge in [-0.25, -0.2) is 0 Å². The van der Waals surface area contributed by atoms with Gasteiger partial charge in [-0.15, -0.1) is 0 Å². The van der Waals surface area contributed by atoms with Crippen LogP contribution in [-0.2, 0) is 14.3 Å². The number of rotatable bonds is 1. The maximum atomic E-state index is 11.2. The number of hydrogen-bond donors (Lipinski definition) is 0. The van der Waals surface area contributed by atoms with Gasteiger partial charge in [0.1, 0.15) is 5.78 Å². The molecule has 0 bridgehead atoms. The molecular weight excluding hydrogens is 168 g/mol. The van der Waals surface area contributed by atoms with Crippen molar-refractivity contribution in [2.45, 2.75) is 25.7 Å². The van der Waals surface area contributed by atoms with Gasteiger partial charge < -0.3 is 4.74 Å². The number of carbonyl (C=O) groups excluding carboxylic acids is 2. The number of hydrogen-bond acceptors (Lipinski definition) is 3. The highest BCUT2D eigenvalue weighted by Gasteiger charge is 2.43. The summed E-state index contributed by atoms with van der Waals surface area (Å²) < 4.78 is 4.70. The molecule has 2 aliphatic rings. The Kier molecular flexibility index (Phi) is 2.10. The largest absolute Gasteiger partial charge is 0.469 e. The van der Waals surface area contributed by atoms with E-state index in [1.807, 2.05) is 0 Å². The fourth-order valence-corrected chi connectivity index (χ4v) is 2.74. The molecule has 72 valence electrons. The van der Waals surface area contributed by atoms with E-state index in [4.69, 9.17) is 4.74 Å². The predicted molar refractivity (Wildman–Crippen MR) is 46.0 cm³/mol. The maximum absolute atomic E-state index is 11.2. The number of methoxy groups -OCH3 is 1. The van der Waals surface area contributed by atoms with Crippen LogP contribution in [0.1, 0.15) is 25.7 Å². The molecule has 2 unspecified atom stereocenters. The molecule has 2 aliphatic carbocycles. The standard InChI is InChI=1S/C10H14O3/c1-13-10(12)8-2-6-4-9(11)5-7(6)3-8/h6-8H,2-5H2,1H3. The molecule has 0 aromatic heterocycles. The lowest BCUT2D eigenvalue weighted by Crippen LogP contribution is -2.14. The second-order valence-corrected chi connectivity index (χ2v) is 4.16. The molecule has 2 saturated carbocycles. The zero-order valence-corrected chi connectivity index (χ0v) is 7.79. The summed E-state index contributed by atoms with van der Waals surface area (Å²) >= 11 is 0. The van der Waals surface area contributed by atoms with E-state index in [0.29, 0.717) is 30.5 Å². The summed E-state index contributed by atoms with van der Waals surface area (Å²) in [6.07, 6.45) is 3.11. The number of ether oxygens (including phenoxy) is 1. The van der Waals surface area contributed by atoms with Crippen LogP contribution in [0, 0.1) is 17.8 Å². The lowest BCUT2D eigenvalue weighted by atomic mass is 10.0. The van der Waals surface area contributed by atoms with Crippen molar-refractivity contribution >= 4 is 11.8 Å². The normalized spacial score (nSPS) is 37.6. The first-order valence-electron chi connectivity index (χ1n) is 4.80. The lowest BCUT2D eigenvalue weighted by molar-refractivity contribution is -0.145. The Morgan fingerprint density at radius 2 is 1.85 bits per heavy atom. The van der Waals surface area contributed by atoms with Gasteiger partial charge in [-0.1, -0.05) is 0 Å². The monoisotopic (exact) mass is 182 g/mol. The zero-order valence-electron chi connectivity index (χ0n) is 7.79. The van der Waals surface area contributed by atoms with Gasteiger partial charge in [0.2, 0.25) is 0 Å².